The van der Waals surface area contributed by atoms with E-state index in [1.165, 1.54) is 0 Å². The molecule has 2 rings (SSSR count). The van der Waals surface area contributed by atoms with Gasteiger partial charge in [-0.15, -0.1) is 0 Å². The third-order valence-corrected chi connectivity index (χ3v) is 6.10. The number of hydrogen-bond acceptors (Lipinski definition) is 5. The second-order valence-corrected chi connectivity index (χ2v) is 8.49. The van der Waals surface area contributed by atoms with Crippen LogP contribution in [0.3, 0.4) is 0 Å². The van der Waals surface area contributed by atoms with Crippen molar-refractivity contribution < 1.29 is 13.2 Å². The molecule has 25 heavy (non-hydrogen) atoms. The maximum Gasteiger partial charge on any atom is 0.220 e. The lowest BCUT2D eigenvalue weighted by Gasteiger charge is -2.33. The van der Waals surface area contributed by atoms with Gasteiger partial charge in [0, 0.05) is 6.04 Å². The lowest BCUT2D eigenvalue weighted by Crippen LogP contribution is -2.56. The molecule has 0 aliphatic carbocycles. The molecule has 0 saturated carbocycles. The standard InChI is InChI=1S/C18H29N3O3S/c1-2-8-16(21-11-6-7-12-21)18(25(20,23)24)17(22)15(19)13-14-9-4-3-5-10-14/h3-5,9-10,15-16,18H,2,6-8,11-13,19H2,1H3,(H2,20,23,24). The summed E-state index contributed by atoms with van der Waals surface area (Å²) in [7, 11) is -4.03. The summed E-state index contributed by atoms with van der Waals surface area (Å²) in [5.41, 5.74) is 7.00. The van der Waals surface area contributed by atoms with Gasteiger partial charge in [-0.3, -0.25) is 9.69 Å². The van der Waals surface area contributed by atoms with Crippen molar-refractivity contribution in [1.82, 2.24) is 4.90 Å². The molecular weight excluding hydrogens is 338 g/mol. The number of benzene rings is 1. The van der Waals surface area contributed by atoms with Crippen LogP contribution < -0.4 is 10.9 Å². The third-order valence-electron chi connectivity index (χ3n) is 4.84. The van der Waals surface area contributed by atoms with E-state index >= 15 is 0 Å². The van der Waals surface area contributed by atoms with Gasteiger partial charge in [0.1, 0.15) is 0 Å². The summed E-state index contributed by atoms with van der Waals surface area (Å²) < 4.78 is 24.6. The van der Waals surface area contributed by atoms with Crippen LogP contribution in [0.4, 0.5) is 0 Å². The van der Waals surface area contributed by atoms with Crippen molar-refractivity contribution in [1.29, 1.82) is 0 Å². The van der Waals surface area contributed by atoms with Crippen molar-refractivity contribution in [3.05, 3.63) is 35.9 Å². The number of hydrogen-bond donors (Lipinski definition) is 2. The Labute approximate surface area is 150 Å². The Kier molecular flexibility index (Phi) is 7.13. The van der Waals surface area contributed by atoms with Crippen LogP contribution in [-0.2, 0) is 21.2 Å². The van der Waals surface area contributed by atoms with Crippen LogP contribution in [0.5, 0.6) is 0 Å². The molecule has 1 fully saturated rings. The number of sulfonamides is 1. The highest BCUT2D eigenvalue weighted by molar-refractivity contribution is 7.90. The van der Waals surface area contributed by atoms with Crippen molar-refractivity contribution >= 4 is 15.8 Å². The molecule has 1 aliphatic rings. The molecule has 0 radical (unpaired) electrons. The van der Waals surface area contributed by atoms with Crippen LogP contribution in [-0.4, -0.2) is 49.5 Å². The molecule has 1 saturated heterocycles. The molecule has 0 bridgehead atoms. The quantitative estimate of drug-likeness (QED) is 0.678. The first-order valence-corrected chi connectivity index (χ1v) is 10.5. The van der Waals surface area contributed by atoms with Crippen LogP contribution in [0.2, 0.25) is 0 Å². The summed E-state index contributed by atoms with van der Waals surface area (Å²) in [4.78, 5) is 15.0. The van der Waals surface area contributed by atoms with E-state index in [-0.39, 0.29) is 0 Å². The van der Waals surface area contributed by atoms with Gasteiger partial charge in [-0.25, -0.2) is 13.6 Å². The molecule has 1 heterocycles. The summed E-state index contributed by atoms with van der Waals surface area (Å²) in [5.74, 6) is -0.475. The molecule has 3 atom stereocenters. The third kappa shape index (κ3) is 5.34. The lowest BCUT2D eigenvalue weighted by atomic mass is 9.95. The molecule has 1 aromatic carbocycles. The highest BCUT2D eigenvalue weighted by atomic mass is 32.2. The van der Waals surface area contributed by atoms with Crippen LogP contribution >= 0.6 is 0 Å². The highest BCUT2D eigenvalue weighted by Gasteiger charge is 2.42. The normalized spacial score (nSPS) is 19.5. The van der Waals surface area contributed by atoms with E-state index < -0.39 is 33.1 Å². The Morgan fingerprint density at radius 3 is 2.32 bits per heavy atom. The molecule has 3 unspecified atom stereocenters. The van der Waals surface area contributed by atoms with E-state index in [1.54, 1.807) is 0 Å². The predicted molar refractivity (Wildman–Crippen MR) is 99.5 cm³/mol. The molecule has 4 N–H and O–H groups in total. The van der Waals surface area contributed by atoms with Crippen molar-refractivity contribution in [2.45, 2.75) is 56.4 Å². The molecule has 140 valence electrons. The number of Topliss-reactive ketones (excluding diaryl/α,β-unsaturated/α-hetero) is 1. The number of carbonyl (C=O) groups is 1. The molecule has 7 heteroatoms. The SMILES string of the molecule is CCCC(C(C(=O)C(N)Cc1ccccc1)S(N)(=O)=O)N1CCCC1. The minimum Gasteiger partial charge on any atom is -0.321 e. The van der Waals surface area contributed by atoms with Crippen molar-refractivity contribution in [2.75, 3.05) is 13.1 Å². The van der Waals surface area contributed by atoms with E-state index in [2.05, 4.69) is 4.90 Å². The molecular formula is C18H29N3O3S. The molecule has 0 amide bonds. The number of nitrogens with two attached hydrogens (primary N) is 2. The first-order chi connectivity index (χ1) is 11.8. The Morgan fingerprint density at radius 1 is 1.20 bits per heavy atom. The topological polar surface area (TPSA) is 106 Å². The van der Waals surface area contributed by atoms with Gasteiger partial charge in [0.15, 0.2) is 11.0 Å². The number of ketones is 1. The second-order valence-electron chi connectivity index (χ2n) is 6.81. The second kappa shape index (κ2) is 8.89. The molecule has 1 aliphatic heterocycles. The maximum atomic E-state index is 13.0. The zero-order valence-corrected chi connectivity index (χ0v) is 15.6. The first kappa shape index (κ1) is 20.0. The number of likely N-dealkylation sites (tertiary alicyclic amines) is 1. The van der Waals surface area contributed by atoms with Crippen molar-refractivity contribution in [2.24, 2.45) is 10.9 Å². The fourth-order valence-electron chi connectivity index (χ4n) is 3.64. The van der Waals surface area contributed by atoms with Crippen molar-refractivity contribution in [3.8, 4) is 0 Å². The van der Waals surface area contributed by atoms with E-state index in [0.717, 1.165) is 37.9 Å². The van der Waals surface area contributed by atoms with Gasteiger partial charge in [0.2, 0.25) is 10.0 Å². The van der Waals surface area contributed by atoms with Gasteiger partial charge in [0.25, 0.3) is 0 Å². The number of nitrogens with zero attached hydrogens (tertiary/aromatic N) is 1. The highest BCUT2D eigenvalue weighted by Crippen LogP contribution is 2.23. The maximum absolute atomic E-state index is 13.0. The Bertz CT molecular complexity index is 657. The summed E-state index contributed by atoms with van der Waals surface area (Å²) in [6.07, 6.45) is 3.74. The Hall–Kier alpha value is -1.28. The summed E-state index contributed by atoms with van der Waals surface area (Å²) >= 11 is 0. The van der Waals surface area contributed by atoms with Gasteiger partial charge >= 0.3 is 0 Å². The monoisotopic (exact) mass is 367 g/mol. The summed E-state index contributed by atoms with van der Waals surface area (Å²) in [5, 5.41) is 4.22. The average Bonchev–Trinajstić information content (AvgIpc) is 3.08. The van der Waals surface area contributed by atoms with E-state index in [9.17, 15) is 13.2 Å². The molecule has 1 aromatic rings. The molecule has 0 spiro atoms. The van der Waals surface area contributed by atoms with Gasteiger partial charge in [0.05, 0.1) is 6.04 Å². The minimum absolute atomic E-state index is 0.310. The fraction of sp³-hybridized carbons (Fsp3) is 0.611. The molecule has 0 aromatic heterocycles. The average molecular weight is 368 g/mol. The van der Waals surface area contributed by atoms with Crippen LogP contribution in [0.1, 0.15) is 38.2 Å². The van der Waals surface area contributed by atoms with Gasteiger partial charge in [-0.05, 0) is 44.3 Å². The molecule has 6 nitrogen and oxygen atoms in total. The van der Waals surface area contributed by atoms with E-state index in [0.29, 0.717) is 12.8 Å². The van der Waals surface area contributed by atoms with E-state index in [4.69, 9.17) is 10.9 Å². The summed E-state index contributed by atoms with van der Waals surface area (Å²) in [6, 6.07) is 8.10. The number of carbonyl (C=O) groups excluding carboxylic acids is 1. The summed E-state index contributed by atoms with van der Waals surface area (Å²) in [6.45, 7) is 3.59. The lowest BCUT2D eigenvalue weighted by molar-refractivity contribution is -0.121. The first-order valence-electron chi connectivity index (χ1n) is 8.93. The predicted octanol–water partition coefficient (Wildman–Crippen LogP) is 1.05. The van der Waals surface area contributed by atoms with E-state index in [1.807, 2.05) is 37.3 Å². The smallest absolute Gasteiger partial charge is 0.220 e. The number of primary sulfonamides is 1. The Balaban J connectivity index is 2.24. The Morgan fingerprint density at radius 2 is 1.80 bits per heavy atom. The van der Waals surface area contributed by atoms with Gasteiger partial charge in [-0.2, -0.15) is 0 Å². The van der Waals surface area contributed by atoms with Crippen LogP contribution in [0.25, 0.3) is 0 Å². The van der Waals surface area contributed by atoms with Gasteiger partial charge in [-0.1, -0.05) is 43.7 Å². The number of rotatable bonds is 9. The zero-order chi connectivity index (χ0) is 18.4. The van der Waals surface area contributed by atoms with Crippen LogP contribution in [0, 0.1) is 0 Å². The fourth-order valence-corrected chi connectivity index (χ4v) is 4.89. The minimum atomic E-state index is -4.03. The zero-order valence-electron chi connectivity index (χ0n) is 14.8. The van der Waals surface area contributed by atoms with Gasteiger partial charge < -0.3 is 5.73 Å². The van der Waals surface area contributed by atoms with Crippen molar-refractivity contribution in [3.63, 3.8) is 0 Å². The van der Waals surface area contributed by atoms with Crippen LogP contribution in [0.15, 0.2) is 30.3 Å². The largest absolute Gasteiger partial charge is 0.321 e.